The lowest BCUT2D eigenvalue weighted by Gasteiger charge is -2.35. The summed E-state index contributed by atoms with van der Waals surface area (Å²) in [6.45, 7) is 0. The molecule has 0 amide bonds. The molecule has 20 heteroatoms. The fraction of sp³-hybridized carbons (Fsp3) is 0.481. The summed E-state index contributed by atoms with van der Waals surface area (Å²) in [5.74, 6) is 1.48. The van der Waals surface area contributed by atoms with E-state index in [1.807, 2.05) is 0 Å². The van der Waals surface area contributed by atoms with Gasteiger partial charge >= 0.3 is 0 Å². The first-order valence-electron chi connectivity index (χ1n) is 14.8. The minimum atomic E-state index is -4.11. The van der Waals surface area contributed by atoms with Crippen molar-refractivity contribution in [2.24, 2.45) is 33.9 Å². The lowest BCUT2D eigenvalue weighted by Crippen LogP contribution is -2.50. The van der Waals surface area contributed by atoms with E-state index in [1.165, 1.54) is 25.0 Å². The Balaban J connectivity index is 0.000000165. The molecule has 0 aromatic heterocycles. The molecule has 0 saturated heterocycles. The Labute approximate surface area is 284 Å². The maximum atomic E-state index is 12.6. The second-order valence-electron chi connectivity index (χ2n) is 12.5. The number of rotatable bonds is 5. The maximum Gasteiger partial charge on any atom is 0.244 e. The Bertz CT molecular complexity index is 2090. The monoisotopic (exact) mass is 768 g/mol. The molecule has 7 rings (SSSR count). The van der Waals surface area contributed by atoms with Gasteiger partial charge in [-0.15, -0.1) is 0 Å². The molecule has 5 atom stereocenters. The molecule has 5 unspecified atom stereocenters. The van der Waals surface area contributed by atoms with Gasteiger partial charge in [-0.2, -0.15) is 9.44 Å². The molecule has 8 N–H and O–H groups in total. The third-order valence-electron chi connectivity index (χ3n) is 9.28. The Kier molecular flexibility index (Phi) is 9.19. The quantitative estimate of drug-likeness (QED) is 0.243. The first-order chi connectivity index (χ1) is 21.8. The molecule has 5 aliphatic rings. The maximum absolute atomic E-state index is 12.6. The molecule has 2 saturated carbocycles. The van der Waals surface area contributed by atoms with Crippen molar-refractivity contribution in [3.05, 3.63) is 46.5 Å². The van der Waals surface area contributed by atoms with E-state index in [-0.39, 0.29) is 25.8 Å². The number of halogens is 2. The fourth-order valence-electron chi connectivity index (χ4n) is 7.16. The van der Waals surface area contributed by atoms with Crippen LogP contribution in [0.2, 0.25) is 10.0 Å². The number of fused-ring (bicyclic) bond motifs is 4. The van der Waals surface area contributed by atoms with Crippen molar-refractivity contribution in [2.75, 3.05) is 10.6 Å². The first kappa shape index (κ1) is 34.8. The van der Waals surface area contributed by atoms with E-state index in [1.54, 1.807) is 0 Å². The van der Waals surface area contributed by atoms with Crippen molar-refractivity contribution in [1.29, 1.82) is 0 Å². The molecular weight excluding hydrogens is 736 g/mol. The van der Waals surface area contributed by atoms with Gasteiger partial charge in [0.15, 0.2) is 0 Å². The van der Waals surface area contributed by atoms with Gasteiger partial charge in [-0.05, 0) is 61.3 Å². The third kappa shape index (κ3) is 7.18. The molecule has 47 heavy (non-hydrogen) atoms. The molecule has 2 aliphatic heterocycles. The number of primary sulfonamides is 2. The Hall–Kier alpha value is -2.00. The molecular formula is C27H34Cl2N6O8S4. The summed E-state index contributed by atoms with van der Waals surface area (Å²) >= 11 is 11.9. The molecule has 2 aromatic rings. The van der Waals surface area contributed by atoms with Gasteiger partial charge in [-0.25, -0.2) is 43.9 Å². The van der Waals surface area contributed by atoms with E-state index in [4.69, 9.17) is 33.5 Å². The van der Waals surface area contributed by atoms with E-state index < -0.39 is 62.2 Å². The summed E-state index contributed by atoms with van der Waals surface area (Å²) in [5, 5.41) is 16.2. The van der Waals surface area contributed by atoms with Crippen LogP contribution in [0.5, 0.6) is 0 Å². The lowest BCUT2D eigenvalue weighted by atomic mass is 9.91. The highest BCUT2D eigenvalue weighted by molar-refractivity contribution is 7.91. The van der Waals surface area contributed by atoms with Crippen LogP contribution in [0.3, 0.4) is 0 Å². The number of nitrogens with one attached hydrogen (secondary N) is 4. The smallest absolute Gasteiger partial charge is 0.244 e. The zero-order chi connectivity index (χ0) is 34.1. The summed E-state index contributed by atoms with van der Waals surface area (Å²) in [4.78, 5) is -1.13. The molecule has 0 radical (unpaired) electrons. The van der Waals surface area contributed by atoms with Crippen molar-refractivity contribution < 1.29 is 33.7 Å². The van der Waals surface area contributed by atoms with Crippen molar-refractivity contribution in [2.45, 2.75) is 76.9 Å². The second kappa shape index (κ2) is 12.4. The number of allylic oxidation sites excluding steroid dienone is 2. The van der Waals surface area contributed by atoms with E-state index >= 15 is 0 Å². The molecule has 2 heterocycles. The lowest BCUT2D eigenvalue weighted by molar-refractivity contribution is 0.363. The second-order valence-corrected chi connectivity index (χ2v) is 19.8. The largest absolute Gasteiger partial charge is 0.368 e. The van der Waals surface area contributed by atoms with Gasteiger partial charge in [0.25, 0.3) is 0 Å². The van der Waals surface area contributed by atoms with Crippen LogP contribution in [-0.4, -0.2) is 46.0 Å². The number of benzene rings is 2. The topological polar surface area (TPSA) is 237 Å². The Morgan fingerprint density at radius 1 is 0.745 bits per heavy atom. The van der Waals surface area contributed by atoms with Gasteiger partial charge in [0.2, 0.25) is 40.1 Å². The molecule has 258 valence electrons. The van der Waals surface area contributed by atoms with Crippen LogP contribution in [0.25, 0.3) is 0 Å². The average Bonchev–Trinajstić information content (AvgIpc) is 3.70. The number of hydrogen-bond donors (Lipinski definition) is 6. The zero-order valence-electron chi connectivity index (χ0n) is 24.7. The van der Waals surface area contributed by atoms with Crippen LogP contribution in [0.4, 0.5) is 11.4 Å². The summed E-state index contributed by atoms with van der Waals surface area (Å²) in [7, 11) is -15.9. The number of hydrogen-bond acceptors (Lipinski definition) is 10. The average molecular weight is 770 g/mol. The van der Waals surface area contributed by atoms with Crippen molar-refractivity contribution in [1.82, 2.24) is 9.44 Å². The number of nitrogens with two attached hydrogens (primary N) is 2. The van der Waals surface area contributed by atoms with Crippen molar-refractivity contribution in [3.63, 3.8) is 0 Å². The number of anilines is 2. The Morgan fingerprint density at radius 3 is 1.77 bits per heavy atom. The third-order valence-corrected chi connectivity index (χ3v) is 15.0. The Morgan fingerprint density at radius 2 is 1.28 bits per heavy atom. The zero-order valence-corrected chi connectivity index (χ0v) is 29.5. The van der Waals surface area contributed by atoms with Crippen molar-refractivity contribution in [3.8, 4) is 0 Å². The van der Waals surface area contributed by atoms with Gasteiger partial charge in [-0.3, -0.25) is 0 Å². The highest BCUT2D eigenvalue weighted by Crippen LogP contribution is 2.46. The van der Waals surface area contributed by atoms with Crippen LogP contribution in [0.1, 0.15) is 44.9 Å². The van der Waals surface area contributed by atoms with Crippen LogP contribution in [0, 0.1) is 23.7 Å². The predicted molar refractivity (Wildman–Crippen MR) is 177 cm³/mol. The predicted octanol–water partition coefficient (Wildman–Crippen LogP) is 2.83. The summed E-state index contributed by atoms with van der Waals surface area (Å²) in [5.41, 5.74) is 0.590. The summed E-state index contributed by atoms with van der Waals surface area (Å²) < 4.78 is 101. The van der Waals surface area contributed by atoms with Gasteiger partial charge in [-0.1, -0.05) is 61.0 Å². The standard InChI is InChI=1S/C14H16ClN3O4S2.C13H18ClN3O4S2/c15-10-5-11-13(6-12(10)23(16,19)20)24(21,22)18-14(17-11)9-4-7-1-2-8(9)3-7;14-9-6-10-12(7-11(9)22(15,18)19)23(20,21)17-13(16-10)5-8-3-1-2-4-8/h1-2,5-9,14,17-18H,3-4H2,(H2,16,19,20);6-8,13,16-17H,1-5H2,(H2,15,18,19). The molecule has 0 spiro atoms. The number of sulfonamides is 4. The normalized spacial score (nSPS) is 28.8. The fourth-order valence-corrected chi connectivity index (χ4v) is 12.2. The highest BCUT2D eigenvalue weighted by atomic mass is 35.5. The van der Waals surface area contributed by atoms with E-state index in [2.05, 4.69) is 32.2 Å². The highest BCUT2D eigenvalue weighted by Gasteiger charge is 2.44. The SMILES string of the molecule is NS(=O)(=O)c1cc2c(cc1Cl)NC(C1CC3C=CC1C3)NS2(=O)=O.NS(=O)(=O)c1cc2c(cc1Cl)NC(CC1CCCC1)NS2(=O)=O. The molecule has 2 aromatic carbocycles. The minimum Gasteiger partial charge on any atom is -0.368 e. The van der Waals surface area contributed by atoms with E-state index in [0.717, 1.165) is 37.8 Å². The molecule has 2 bridgehead atoms. The first-order valence-corrected chi connectivity index (χ1v) is 21.6. The summed E-state index contributed by atoms with van der Waals surface area (Å²) in [6.07, 6.45) is 10.6. The van der Waals surface area contributed by atoms with Gasteiger partial charge < -0.3 is 10.6 Å². The van der Waals surface area contributed by atoms with Crippen LogP contribution >= 0.6 is 23.2 Å². The van der Waals surface area contributed by atoms with E-state index in [0.29, 0.717) is 35.5 Å². The molecule has 3 aliphatic carbocycles. The molecule has 2 fully saturated rings. The van der Waals surface area contributed by atoms with Crippen LogP contribution in [-0.2, 0) is 40.1 Å². The van der Waals surface area contributed by atoms with Gasteiger partial charge in [0, 0.05) is 5.92 Å². The van der Waals surface area contributed by atoms with Gasteiger partial charge in [0.1, 0.15) is 19.6 Å². The van der Waals surface area contributed by atoms with Crippen LogP contribution < -0.4 is 30.4 Å². The van der Waals surface area contributed by atoms with E-state index in [9.17, 15) is 33.7 Å². The van der Waals surface area contributed by atoms with Gasteiger partial charge in [0.05, 0.1) is 33.8 Å². The molecule has 14 nitrogen and oxygen atoms in total. The van der Waals surface area contributed by atoms with Crippen LogP contribution in [0.15, 0.2) is 56.0 Å². The minimum absolute atomic E-state index is 0.101. The summed E-state index contributed by atoms with van der Waals surface area (Å²) in [6, 6.07) is 4.61. The van der Waals surface area contributed by atoms with Crippen molar-refractivity contribution >= 4 is 74.7 Å².